The van der Waals surface area contributed by atoms with E-state index in [4.69, 9.17) is 4.42 Å². The first-order valence-electron chi connectivity index (χ1n) is 8.06. The molecule has 1 aromatic heterocycles. The summed E-state index contributed by atoms with van der Waals surface area (Å²) in [4.78, 5) is 37.6. The molecule has 25 heavy (non-hydrogen) atoms. The summed E-state index contributed by atoms with van der Waals surface area (Å²) in [5.74, 6) is -0.0205. The number of hydrazine groups is 1. The predicted octanol–water partition coefficient (Wildman–Crippen LogP) is 1.57. The molecule has 4 rings (SSSR count). The van der Waals surface area contributed by atoms with Gasteiger partial charge < -0.3 is 9.32 Å². The van der Waals surface area contributed by atoms with Crippen molar-refractivity contribution in [3.63, 3.8) is 0 Å². The second-order valence-corrected chi connectivity index (χ2v) is 7.51. The third kappa shape index (κ3) is 2.39. The van der Waals surface area contributed by atoms with Crippen LogP contribution in [0.4, 0.5) is 0 Å². The van der Waals surface area contributed by atoms with Gasteiger partial charge in [-0.05, 0) is 19.4 Å². The van der Waals surface area contributed by atoms with Crippen molar-refractivity contribution in [1.29, 1.82) is 0 Å². The minimum absolute atomic E-state index is 0.0143. The van der Waals surface area contributed by atoms with Crippen molar-refractivity contribution in [2.24, 2.45) is 0 Å². The highest BCUT2D eigenvalue weighted by Crippen LogP contribution is 2.44. The van der Waals surface area contributed by atoms with Crippen LogP contribution in [0.1, 0.15) is 29.0 Å². The van der Waals surface area contributed by atoms with Gasteiger partial charge in [0.05, 0.1) is 0 Å². The lowest BCUT2D eigenvalue weighted by Crippen LogP contribution is -2.55. The largest absolute Gasteiger partial charge is 0.451 e. The maximum atomic E-state index is 12.6. The van der Waals surface area contributed by atoms with Crippen molar-refractivity contribution in [3.05, 3.63) is 35.6 Å². The summed E-state index contributed by atoms with van der Waals surface area (Å²) in [6, 6.07) is 7.36. The molecule has 2 aliphatic heterocycles. The van der Waals surface area contributed by atoms with Gasteiger partial charge in [-0.1, -0.05) is 18.2 Å². The fraction of sp³-hybridized carbons (Fsp3) is 0.353. The molecule has 2 fully saturated rings. The molecule has 0 bridgehead atoms. The molecule has 3 amide bonds. The lowest BCUT2D eigenvalue weighted by Gasteiger charge is -2.29. The number of fused-ring (bicyclic) bond motifs is 2. The van der Waals surface area contributed by atoms with E-state index < -0.39 is 10.8 Å². The molecule has 130 valence electrons. The Morgan fingerprint density at radius 2 is 2.08 bits per heavy atom. The van der Waals surface area contributed by atoms with E-state index in [1.165, 1.54) is 11.8 Å². The number of carbonyl (C=O) groups is 3. The topological polar surface area (TPSA) is 91.7 Å². The van der Waals surface area contributed by atoms with Crippen molar-refractivity contribution in [1.82, 2.24) is 15.8 Å². The van der Waals surface area contributed by atoms with Crippen LogP contribution in [0.5, 0.6) is 0 Å². The van der Waals surface area contributed by atoms with Gasteiger partial charge in [0.2, 0.25) is 5.91 Å². The van der Waals surface area contributed by atoms with E-state index in [-0.39, 0.29) is 17.6 Å². The number of carbonyl (C=O) groups excluding carboxylic acids is 3. The number of benzene rings is 1. The molecule has 7 nitrogen and oxygen atoms in total. The smallest absolute Gasteiger partial charge is 0.305 e. The van der Waals surface area contributed by atoms with E-state index in [1.54, 1.807) is 17.9 Å². The van der Waals surface area contributed by atoms with Crippen molar-refractivity contribution in [2.75, 3.05) is 12.3 Å². The normalized spacial score (nSPS) is 22.3. The van der Waals surface area contributed by atoms with Crippen LogP contribution >= 0.6 is 11.8 Å². The molecule has 0 radical (unpaired) electrons. The Balaban J connectivity index is 1.49. The average molecular weight is 359 g/mol. The fourth-order valence-electron chi connectivity index (χ4n) is 3.47. The van der Waals surface area contributed by atoms with Gasteiger partial charge in [0.1, 0.15) is 5.58 Å². The summed E-state index contributed by atoms with van der Waals surface area (Å²) in [5.41, 5.74) is 6.22. The number of aryl methyl sites for hydroxylation is 1. The maximum absolute atomic E-state index is 12.6. The highest BCUT2D eigenvalue weighted by Gasteiger charge is 2.54. The summed E-state index contributed by atoms with van der Waals surface area (Å²) in [5, 5.41) is 0.858. The Hall–Kier alpha value is -2.48. The van der Waals surface area contributed by atoms with E-state index >= 15 is 0 Å². The number of thioether (sulfide) groups is 1. The molecule has 1 atom stereocenters. The van der Waals surface area contributed by atoms with E-state index in [9.17, 15) is 14.4 Å². The lowest BCUT2D eigenvalue weighted by atomic mass is 10.1. The van der Waals surface area contributed by atoms with E-state index in [2.05, 4.69) is 10.9 Å². The molecule has 2 aromatic rings. The standard InChI is InChI=1S/C17H17N3O4S/c1-10-11-4-2-3-5-12(11)24-14(10)15(22)18-19-16(23)17-7-6-13(21)20(17)8-9-25-17/h2-5H,6-9H2,1H3,(H,18,22)(H,19,23)/t17-/m0/s1. The molecule has 0 spiro atoms. The third-order valence-electron chi connectivity index (χ3n) is 4.76. The second-order valence-electron chi connectivity index (χ2n) is 6.14. The highest BCUT2D eigenvalue weighted by molar-refractivity contribution is 8.01. The first kappa shape index (κ1) is 16.0. The van der Waals surface area contributed by atoms with Crippen LogP contribution in [0.15, 0.2) is 28.7 Å². The zero-order valence-electron chi connectivity index (χ0n) is 13.6. The van der Waals surface area contributed by atoms with Gasteiger partial charge in [-0.25, -0.2) is 0 Å². The Morgan fingerprint density at radius 1 is 1.28 bits per heavy atom. The summed E-state index contributed by atoms with van der Waals surface area (Å²) in [6.07, 6.45) is 0.818. The van der Waals surface area contributed by atoms with Gasteiger partial charge in [-0.15, -0.1) is 11.8 Å². The molecule has 0 saturated carbocycles. The van der Waals surface area contributed by atoms with Crippen molar-refractivity contribution < 1.29 is 18.8 Å². The molecule has 0 aliphatic carbocycles. The summed E-state index contributed by atoms with van der Waals surface area (Å²) in [6.45, 7) is 2.36. The SMILES string of the molecule is Cc1c(C(=O)NNC(=O)[C@@]23CCC(=O)N2CCS3)oc2ccccc12. The van der Waals surface area contributed by atoms with Crippen molar-refractivity contribution in [3.8, 4) is 0 Å². The van der Waals surface area contributed by atoms with Gasteiger partial charge in [0.25, 0.3) is 5.91 Å². The predicted molar refractivity (Wildman–Crippen MR) is 92.7 cm³/mol. The molecule has 2 aliphatic rings. The summed E-state index contributed by atoms with van der Waals surface area (Å²) >= 11 is 1.45. The van der Waals surface area contributed by atoms with Crippen LogP contribution in [0.3, 0.4) is 0 Å². The Kier molecular flexibility index (Phi) is 3.72. The minimum atomic E-state index is -0.896. The van der Waals surface area contributed by atoms with Crippen molar-refractivity contribution >= 4 is 40.5 Å². The van der Waals surface area contributed by atoms with Crippen LogP contribution in [0.2, 0.25) is 0 Å². The second kappa shape index (κ2) is 5.80. The quantitative estimate of drug-likeness (QED) is 0.794. The van der Waals surface area contributed by atoms with Crippen LogP contribution in [-0.2, 0) is 9.59 Å². The average Bonchev–Trinajstić information content (AvgIpc) is 3.28. The van der Waals surface area contributed by atoms with Crippen LogP contribution in [0, 0.1) is 6.92 Å². The van der Waals surface area contributed by atoms with Gasteiger partial charge in [-0.2, -0.15) is 0 Å². The van der Waals surface area contributed by atoms with E-state index in [0.717, 1.165) is 11.1 Å². The Bertz CT molecular complexity index is 893. The van der Waals surface area contributed by atoms with Gasteiger partial charge >= 0.3 is 5.91 Å². The van der Waals surface area contributed by atoms with Gasteiger partial charge in [-0.3, -0.25) is 25.2 Å². The van der Waals surface area contributed by atoms with E-state index in [0.29, 0.717) is 30.5 Å². The molecular formula is C17H17N3O4S. The van der Waals surface area contributed by atoms with Crippen LogP contribution in [0.25, 0.3) is 11.0 Å². The number of hydrogen-bond acceptors (Lipinski definition) is 5. The van der Waals surface area contributed by atoms with Gasteiger partial charge in [0.15, 0.2) is 10.6 Å². The maximum Gasteiger partial charge on any atom is 0.305 e. The lowest BCUT2D eigenvalue weighted by molar-refractivity contribution is -0.136. The summed E-state index contributed by atoms with van der Waals surface area (Å²) < 4.78 is 5.59. The molecular weight excluding hydrogens is 342 g/mol. The molecule has 8 heteroatoms. The van der Waals surface area contributed by atoms with Crippen LogP contribution < -0.4 is 10.9 Å². The Labute approximate surface area is 148 Å². The molecule has 2 saturated heterocycles. The zero-order chi connectivity index (χ0) is 17.6. The highest BCUT2D eigenvalue weighted by atomic mass is 32.2. The number of hydrogen-bond donors (Lipinski definition) is 2. The van der Waals surface area contributed by atoms with Crippen molar-refractivity contribution in [2.45, 2.75) is 24.6 Å². The molecule has 1 aromatic carbocycles. The molecule has 3 heterocycles. The fourth-order valence-corrected chi connectivity index (χ4v) is 4.86. The summed E-state index contributed by atoms with van der Waals surface area (Å²) in [7, 11) is 0. The number of para-hydroxylation sites is 1. The third-order valence-corrected chi connectivity index (χ3v) is 6.24. The number of furan rings is 1. The van der Waals surface area contributed by atoms with Crippen LogP contribution in [-0.4, -0.2) is 39.8 Å². The van der Waals surface area contributed by atoms with Gasteiger partial charge in [0, 0.05) is 29.7 Å². The molecule has 2 N–H and O–H groups in total. The minimum Gasteiger partial charge on any atom is -0.451 e. The first-order chi connectivity index (χ1) is 12.0. The number of rotatable bonds is 2. The number of nitrogens with zero attached hydrogens (tertiary/aromatic N) is 1. The first-order valence-corrected chi connectivity index (χ1v) is 9.05. The molecule has 0 unspecified atom stereocenters. The monoisotopic (exact) mass is 359 g/mol. The van der Waals surface area contributed by atoms with E-state index in [1.807, 2.05) is 18.2 Å². The zero-order valence-corrected chi connectivity index (χ0v) is 14.4. The number of nitrogens with one attached hydrogen (secondary N) is 2. The Morgan fingerprint density at radius 3 is 2.88 bits per heavy atom. The number of amides is 3.